The number of thiocarbonyl (C=S) groups is 1. The molecule has 0 atom stereocenters. The van der Waals surface area contributed by atoms with E-state index < -0.39 is 0 Å². The van der Waals surface area contributed by atoms with Crippen LogP contribution in [-0.4, -0.2) is 23.7 Å². The van der Waals surface area contributed by atoms with Crippen molar-refractivity contribution in [3.8, 4) is 0 Å². The van der Waals surface area contributed by atoms with Crippen molar-refractivity contribution < 1.29 is 4.74 Å². The second-order valence-corrected chi connectivity index (χ2v) is 5.26. The van der Waals surface area contributed by atoms with Crippen molar-refractivity contribution in [1.29, 1.82) is 0 Å². The van der Waals surface area contributed by atoms with E-state index in [1.165, 1.54) is 0 Å². The summed E-state index contributed by atoms with van der Waals surface area (Å²) in [7, 11) is 0. The zero-order valence-corrected chi connectivity index (χ0v) is 11.9. The summed E-state index contributed by atoms with van der Waals surface area (Å²) in [5.74, 6) is 0. The summed E-state index contributed by atoms with van der Waals surface area (Å²) in [5.41, 5.74) is 7.35. The maximum atomic E-state index is 6.12. The molecule has 0 saturated heterocycles. The van der Waals surface area contributed by atoms with Gasteiger partial charge >= 0.3 is 0 Å². The van der Waals surface area contributed by atoms with E-state index >= 15 is 0 Å². The van der Waals surface area contributed by atoms with E-state index in [2.05, 4.69) is 5.32 Å². The van der Waals surface area contributed by atoms with Crippen molar-refractivity contribution >= 4 is 34.5 Å². The average Bonchev–Trinajstić information content (AvgIpc) is 2.25. The summed E-state index contributed by atoms with van der Waals surface area (Å²) in [6.07, 6.45) is 2.40. The molecule has 0 spiro atoms. The molecule has 1 aromatic rings. The minimum Gasteiger partial charge on any atom is -0.389 e. The molecule has 1 saturated carbocycles. The Morgan fingerprint density at radius 3 is 2.89 bits per heavy atom. The Kier molecular flexibility index (Phi) is 4.43. The summed E-state index contributed by atoms with van der Waals surface area (Å²) >= 11 is 11.2. The Morgan fingerprint density at radius 1 is 1.56 bits per heavy atom. The standard InChI is InChI=1S/C13H17ClN2OS/c1-2-17-9-6-8(7-9)16-11-5-3-4-10(14)12(11)13(15)18/h3-5,8-9,16H,2,6-7H2,1H3,(H2,15,18). The molecule has 0 bridgehead atoms. The Hall–Kier alpha value is -0.840. The van der Waals surface area contributed by atoms with Gasteiger partial charge in [0.15, 0.2) is 0 Å². The normalized spacial score (nSPS) is 22.3. The number of hydrogen-bond donors (Lipinski definition) is 2. The van der Waals surface area contributed by atoms with Gasteiger partial charge in [-0.3, -0.25) is 0 Å². The van der Waals surface area contributed by atoms with Crippen LogP contribution < -0.4 is 11.1 Å². The van der Waals surface area contributed by atoms with E-state index in [-0.39, 0.29) is 0 Å². The van der Waals surface area contributed by atoms with E-state index in [0.717, 1.165) is 30.7 Å². The van der Waals surface area contributed by atoms with Crippen LogP contribution >= 0.6 is 23.8 Å². The predicted molar refractivity (Wildman–Crippen MR) is 79.4 cm³/mol. The van der Waals surface area contributed by atoms with Gasteiger partial charge in [-0.25, -0.2) is 0 Å². The molecule has 1 aliphatic rings. The van der Waals surface area contributed by atoms with E-state index in [1.54, 1.807) is 6.07 Å². The van der Waals surface area contributed by atoms with Gasteiger partial charge in [0.2, 0.25) is 0 Å². The number of nitrogens with one attached hydrogen (secondary N) is 1. The number of nitrogens with two attached hydrogens (primary N) is 1. The summed E-state index contributed by atoms with van der Waals surface area (Å²) in [5, 5.41) is 4.02. The largest absolute Gasteiger partial charge is 0.389 e. The fourth-order valence-corrected chi connectivity index (χ4v) is 2.72. The van der Waals surface area contributed by atoms with Crippen LogP contribution in [0.1, 0.15) is 25.3 Å². The highest BCUT2D eigenvalue weighted by molar-refractivity contribution is 7.80. The molecule has 2 rings (SSSR count). The molecular formula is C13H17ClN2OS. The Bertz CT molecular complexity index is 447. The SMILES string of the molecule is CCOC1CC(Nc2cccc(Cl)c2C(N)=S)C1. The quantitative estimate of drug-likeness (QED) is 0.816. The molecular weight excluding hydrogens is 268 g/mol. The molecule has 0 radical (unpaired) electrons. The molecule has 0 amide bonds. The number of halogens is 1. The van der Waals surface area contributed by atoms with Gasteiger partial charge in [-0.05, 0) is 31.9 Å². The lowest BCUT2D eigenvalue weighted by Crippen LogP contribution is -2.41. The third-order valence-electron chi connectivity index (χ3n) is 3.12. The highest BCUT2D eigenvalue weighted by Crippen LogP contribution is 2.30. The topological polar surface area (TPSA) is 47.3 Å². The molecule has 0 heterocycles. The third-order valence-corrected chi connectivity index (χ3v) is 3.64. The second-order valence-electron chi connectivity index (χ2n) is 4.42. The maximum Gasteiger partial charge on any atom is 0.107 e. The summed E-state index contributed by atoms with van der Waals surface area (Å²) in [4.78, 5) is 0.323. The van der Waals surface area contributed by atoms with Crippen LogP contribution in [0.25, 0.3) is 0 Å². The zero-order valence-electron chi connectivity index (χ0n) is 10.3. The van der Waals surface area contributed by atoms with Gasteiger partial charge in [0.1, 0.15) is 4.99 Å². The van der Waals surface area contributed by atoms with Gasteiger partial charge in [0.05, 0.1) is 16.7 Å². The van der Waals surface area contributed by atoms with Gasteiger partial charge in [0.25, 0.3) is 0 Å². The molecule has 98 valence electrons. The minimum absolute atomic E-state index is 0.323. The number of ether oxygens (including phenoxy) is 1. The van der Waals surface area contributed by atoms with E-state index in [9.17, 15) is 0 Å². The average molecular weight is 285 g/mol. The van der Waals surface area contributed by atoms with Crippen molar-refractivity contribution in [2.24, 2.45) is 5.73 Å². The van der Waals surface area contributed by atoms with Crippen molar-refractivity contribution in [3.63, 3.8) is 0 Å². The molecule has 1 aromatic carbocycles. The van der Waals surface area contributed by atoms with Gasteiger partial charge in [0, 0.05) is 18.3 Å². The molecule has 5 heteroatoms. The summed E-state index contributed by atoms with van der Waals surface area (Å²) < 4.78 is 5.53. The lowest BCUT2D eigenvalue weighted by Gasteiger charge is -2.36. The molecule has 0 unspecified atom stereocenters. The molecule has 1 fully saturated rings. The maximum absolute atomic E-state index is 6.12. The second kappa shape index (κ2) is 5.87. The minimum atomic E-state index is 0.323. The van der Waals surface area contributed by atoms with Gasteiger partial charge in [-0.15, -0.1) is 0 Å². The Balaban J connectivity index is 2.02. The number of rotatable bonds is 5. The van der Waals surface area contributed by atoms with E-state index in [4.69, 9.17) is 34.3 Å². The fraction of sp³-hybridized carbons (Fsp3) is 0.462. The summed E-state index contributed by atoms with van der Waals surface area (Å²) in [6.45, 7) is 2.79. The molecule has 0 aromatic heterocycles. The van der Waals surface area contributed by atoms with Crippen molar-refractivity contribution in [1.82, 2.24) is 0 Å². The van der Waals surface area contributed by atoms with Gasteiger partial charge < -0.3 is 15.8 Å². The first-order valence-electron chi connectivity index (χ1n) is 6.08. The van der Waals surface area contributed by atoms with Gasteiger partial charge in [-0.2, -0.15) is 0 Å². The van der Waals surface area contributed by atoms with Crippen LogP contribution in [0.3, 0.4) is 0 Å². The first-order valence-corrected chi connectivity index (χ1v) is 6.87. The zero-order chi connectivity index (χ0) is 13.1. The molecule has 1 aliphatic carbocycles. The molecule has 3 nitrogen and oxygen atoms in total. The highest BCUT2D eigenvalue weighted by Gasteiger charge is 2.30. The lowest BCUT2D eigenvalue weighted by molar-refractivity contribution is 0.00299. The predicted octanol–water partition coefficient (Wildman–Crippen LogP) is 2.95. The summed E-state index contributed by atoms with van der Waals surface area (Å²) in [6, 6.07) is 6.05. The van der Waals surface area contributed by atoms with Crippen LogP contribution in [0, 0.1) is 0 Å². The van der Waals surface area contributed by atoms with Crippen LogP contribution in [-0.2, 0) is 4.74 Å². The molecule has 18 heavy (non-hydrogen) atoms. The van der Waals surface area contributed by atoms with Crippen molar-refractivity contribution in [2.75, 3.05) is 11.9 Å². The van der Waals surface area contributed by atoms with Crippen LogP contribution in [0.5, 0.6) is 0 Å². The van der Waals surface area contributed by atoms with Gasteiger partial charge in [-0.1, -0.05) is 29.9 Å². The van der Waals surface area contributed by atoms with Crippen LogP contribution in [0.2, 0.25) is 5.02 Å². The first-order chi connectivity index (χ1) is 8.61. The van der Waals surface area contributed by atoms with Crippen molar-refractivity contribution in [3.05, 3.63) is 28.8 Å². The highest BCUT2D eigenvalue weighted by atomic mass is 35.5. The van der Waals surface area contributed by atoms with E-state index in [1.807, 2.05) is 19.1 Å². The number of hydrogen-bond acceptors (Lipinski definition) is 3. The third kappa shape index (κ3) is 2.94. The number of benzene rings is 1. The van der Waals surface area contributed by atoms with Crippen LogP contribution in [0.4, 0.5) is 5.69 Å². The molecule has 3 N–H and O–H groups in total. The fourth-order valence-electron chi connectivity index (χ4n) is 2.17. The monoisotopic (exact) mass is 284 g/mol. The molecule has 0 aliphatic heterocycles. The van der Waals surface area contributed by atoms with E-state index in [0.29, 0.717) is 22.2 Å². The van der Waals surface area contributed by atoms with Crippen LogP contribution in [0.15, 0.2) is 18.2 Å². The number of anilines is 1. The Morgan fingerprint density at radius 2 is 2.28 bits per heavy atom. The smallest absolute Gasteiger partial charge is 0.107 e. The Labute approximate surface area is 118 Å². The van der Waals surface area contributed by atoms with Crippen molar-refractivity contribution in [2.45, 2.75) is 31.9 Å². The lowest BCUT2D eigenvalue weighted by atomic mass is 9.89. The first kappa shape index (κ1) is 13.6.